The number of carbonyl (C=O) groups excluding carboxylic acids is 2. The van der Waals surface area contributed by atoms with E-state index >= 15 is 0 Å². The van der Waals surface area contributed by atoms with Crippen LogP contribution in [0.1, 0.15) is 33.1 Å². The van der Waals surface area contributed by atoms with Crippen molar-refractivity contribution in [2.75, 3.05) is 7.11 Å². The highest BCUT2D eigenvalue weighted by Gasteiger charge is 2.37. The van der Waals surface area contributed by atoms with E-state index < -0.39 is 12.1 Å². The predicted molar refractivity (Wildman–Crippen MR) is 119 cm³/mol. The number of rotatable bonds is 6. The molecule has 32 heavy (non-hydrogen) atoms. The Balaban J connectivity index is 1.60. The number of benzene rings is 1. The summed E-state index contributed by atoms with van der Waals surface area (Å²) >= 11 is 0. The molecule has 0 radical (unpaired) electrons. The van der Waals surface area contributed by atoms with Gasteiger partial charge in [-0.2, -0.15) is 5.10 Å². The second-order valence-electron chi connectivity index (χ2n) is 7.68. The number of nitrogens with one attached hydrogen (secondary N) is 2. The topological polar surface area (TPSA) is 117 Å². The first-order valence-corrected chi connectivity index (χ1v) is 10.6. The Bertz CT molecular complexity index is 1030. The highest BCUT2D eigenvalue weighted by atomic mass is 16.5. The molecule has 2 unspecified atom stereocenters. The van der Waals surface area contributed by atoms with Crippen molar-refractivity contribution in [2.24, 2.45) is 21.0 Å². The molecule has 0 spiro atoms. The van der Waals surface area contributed by atoms with Gasteiger partial charge >= 0.3 is 0 Å². The number of nitrogens with zero attached hydrogens (tertiary/aromatic N) is 4. The minimum Gasteiger partial charge on any atom is -0.493 e. The molecule has 0 saturated heterocycles. The number of para-hydroxylation sites is 2. The van der Waals surface area contributed by atoms with Gasteiger partial charge in [-0.3, -0.25) is 20.2 Å². The lowest BCUT2D eigenvalue weighted by Gasteiger charge is -2.29. The van der Waals surface area contributed by atoms with E-state index in [2.05, 4.69) is 20.7 Å². The number of guanidine groups is 1. The van der Waals surface area contributed by atoms with Gasteiger partial charge in [0.1, 0.15) is 0 Å². The third kappa shape index (κ3) is 4.79. The molecule has 168 valence electrons. The summed E-state index contributed by atoms with van der Waals surface area (Å²) in [4.78, 5) is 33.2. The van der Waals surface area contributed by atoms with Crippen LogP contribution < -0.4 is 20.1 Å². The number of ether oxygens (including phenoxy) is 2. The Morgan fingerprint density at radius 1 is 1.34 bits per heavy atom. The van der Waals surface area contributed by atoms with E-state index in [0.29, 0.717) is 23.0 Å². The van der Waals surface area contributed by atoms with Crippen molar-refractivity contribution in [1.82, 2.24) is 15.6 Å². The maximum atomic E-state index is 12.3. The predicted octanol–water partition coefficient (Wildman–Crippen LogP) is 1.79. The molecular formula is C22H26N6O4. The molecule has 2 heterocycles. The van der Waals surface area contributed by atoms with Crippen LogP contribution in [0.5, 0.6) is 11.5 Å². The number of carbonyl (C=O) groups is 2. The zero-order chi connectivity index (χ0) is 22.7. The summed E-state index contributed by atoms with van der Waals surface area (Å²) in [5.41, 5.74) is 0.711. The van der Waals surface area contributed by atoms with E-state index in [0.717, 1.165) is 12.8 Å². The first-order valence-electron chi connectivity index (χ1n) is 10.6. The fourth-order valence-electron chi connectivity index (χ4n) is 3.16. The van der Waals surface area contributed by atoms with E-state index in [4.69, 9.17) is 14.5 Å². The van der Waals surface area contributed by atoms with Gasteiger partial charge in [0.2, 0.25) is 17.8 Å². The molecule has 1 fully saturated rings. The van der Waals surface area contributed by atoms with Gasteiger partial charge in [-0.25, -0.2) is 15.0 Å². The third-order valence-electron chi connectivity index (χ3n) is 5.10. The van der Waals surface area contributed by atoms with Gasteiger partial charge in [-0.15, -0.1) is 0 Å². The van der Waals surface area contributed by atoms with E-state index in [9.17, 15) is 9.59 Å². The molecule has 4 rings (SSSR count). The fraction of sp³-hybridized carbons (Fsp3) is 0.409. The number of amides is 2. The Morgan fingerprint density at radius 2 is 2.09 bits per heavy atom. The van der Waals surface area contributed by atoms with Crippen LogP contribution in [-0.4, -0.2) is 54.3 Å². The van der Waals surface area contributed by atoms with Gasteiger partial charge in [0.25, 0.3) is 6.02 Å². The molecule has 10 nitrogen and oxygen atoms in total. The minimum absolute atomic E-state index is 0.244. The van der Waals surface area contributed by atoms with Crippen LogP contribution in [0.4, 0.5) is 0 Å². The molecule has 1 saturated carbocycles. The Kier molecular flexibility index (Phi) is 6.20. The minimum atomic E-state index is -0.542. The van der Waals surface area contributed by atoms with Crippen LogP contribution in [-0.2, 0) is 9.59 Å². The summed E-state index contributed by atoms with van der Waals surface area (Å²) in [5.74, 6) is 0.398. The molecule has 2 N–H and O–H groups in total. The van der Waals surface area contributed by atoms with E-state index in [-0.39, 0.29) is 30.3 Å². The molecule has 2 amide bonds. The lowest BCUT2D eigenvalue weighted by Crippen LogP contribution is -2.51. The van der Waals surface area contributed by atoms with Gasteiger partial charge in [-0.1, -0.05) is 32.1 Å². The van der Waals surface area contributed by atoms with E-state index in [1.165, 1.54) is 0 Å². The highest BCUT2D eigenvalue weighted by Crippen LogP contribution is 2.29. The SMILES string of the molecule is CCC(=O)NC(=O)C(C)/C=C1/C=NN2C(=NC3CC3)NC(Oc3ccccc3OC)=NC12. The number of hydrogen-bond donors (Lipinski definition) is 2. The lowest BCUT2D eigenvalue weighted by molar-refractivity contribution is -0.131. The molecule has 0 aromatic heterocycles. The van der Waals surface area contributed by atoms with Crippen molar-refractivity contribution in [3.8, 4) is 11.5 Å². The van der Waals surface area contributed by atoms with Crippen LogP contribution in [0.2, 0.25) is 0 Å². The smallest absolute Gasteiger partial charge is 0.299 e. The zero-order valence-corrected chi connectivity index (χ0v) is 18.2. The number of hydrogen-bond acceptors (Lipinski definition) is 7. The number of imide groups is 1. The number of methoxy groups -OCH3 is 1. The van der Waals surface area contributed by atoms with Crippen LogP contribution in [0.3, 0.4) is 0 Å². The van der Waals surface area contributed by atoms with Crippen molar-refractivity contribution < 1.29 is 19.1 Å². The first kappa shape index (κ1) is 21.5. The summed E-state index contributed by atoms with van der Waals surface area (Å²) in [6.45, 7) is 3.42. The average Bonchev–Trinajstić information content (AvgIpc) is 3.52. The maximum Gasteiger partial charge on any atom is 0.299 e. The van der Waals surface area contributed by atoms with Gasteiger partial charge in [-0.05, 0) is 25.0 Å². The van der Waals surface area contributed by atoms with Gasteiger partial charge in [0.15, 0.2) is 17.7 Å². The van der Waals surface area contributed by atoms with Crippen LogP contribution in [0.15, 0.2) is 51.0 Å². The van der Waals surface area contributed by atoms with Crippen molar-refractivity contribution in [2.45, 2.75) is 45.3 Å². The Labute approximate surface area is 186 Å². The molecule has 1 aromatic rings. The van der Waals surface area contributed by atoms with Gasteiger partial charge < -0.3 is 9.47 Å². The number of hydrazone groups is 1. The summed E-state index contributed by atoms with van der Waals surface area (Å²) in [6.07, 6.45) is 5.16. The normalized spacial score (nSPS) is 22.8. The van der Waals surface area contributed by atoms with Gasteiger partial charge in [0.05, 0.1) is 25.3 Å². The quantitative estimate of drug-likeness (QED) is 0.699. The van der Waals surface area contributed by atoms with Gasteiger partial charge in [0, 0.05) is 12.0 Å². The average molecular weight is 438 g/mol. The fourth-order valence-corrected chi connectivity index (χ4v) is 3.16. The Hall–Kier alpha value is -3.69. The molecule has 10 heteroatoms. The molecule has 3 aliphatic rings. The highest BCUT2D eigenvalue weighted by molar-refractivity contribution is 6.02. The molecule has 0 bridgehead atoms. The van der Waals surface area contributed by atoms with Crippen LogP contribution in [0.25, 0.3) is 0 Å². The monoisotopic (exact) mass is 438 g/mol. The Morgan fingerprint density at radius 3 is 2.78 bits per heavy atom. The molecule has 1 aromatic carbocycles. The van der Waals surface area contributed by atoms with Crippen LogP contribution >= 0.6 is 0 Å². The maximum absolute atomic E-state index is 12.3. The molecular weight excluding hydrogens is 412 g/mol. The standard InChI is InChI=1S/C22H26N6O4/c1-4-18(29)25-20(30)13(2)11-14-12-23-28-19(14)26-22(27-21(28)24-15-9-10-15)32-17-8-6-5-7-16(17)31-3/h5-8,11-13,15,19H,4,9-10H2,1-3H3,(H,24,26,27)(H,25,29,30)/b14-11-. The van der Waals surface area contributed by atoms with E-state index in [1.54, 1.807) is 50.4 Å². The number of amidine groups is 1. The van der Waals surface area contributed by atoms with Crippen molar-refractivity contribution in [3.63, 3.8) is 0 Å². The molecule has 2 aliphatic heterocycles. The summed E-state index contributed by atoms with van der Waals surface area (Å²) in [6, 6.07) is 7.78. The second kappa shape index (κ2) is 9.21. The van der Waals surface area contributed by atoms with Crippen molar-refractivity contribution in [1.29, 1.82) is 0 Å². The van der Waals surface area contributed by atoms with Crippen molar-refractivity contribution in [3.05, 3.63) is 35.9 Å². The third-order valence-corrected chi connectivity index (χ3v) is 5.10. The summed E-state index contributed by atoms with van der Waals surface area (Å²) in [5, 5.41) is 11.6. The molecule has 1 aliphatic carbocycles. The summed E-state index contributed by atoms with van der Waals surface area (Å²) < 4.78 is 11.3. The molecule has 2 atom stereocenters. The summed E-state index contributed by atoms with van der Waals surface area (Å²) in [7, 11) is 1.57. The van der Waals surface area contributed by atoms with Crippen molar-refractivity contribution >= 4 is 30.0 Å². The lowest BCUT2D eigenvalue weighted by atomic mass is 10.1. The largest absolute Gasteiger partial charge is 0.493 e. The zero-order valence-electron chi connectivity index (χ0n) is 18.2. The van der Waals surface area contributed by atoms with Crippen LogP contribution in [0, 0.1) is 5.92 Å². The second-order valence-corrected chi connectivity index (χ2v) is 7.68. The number of aliphatic imine (C=N–C) groups is 2. The number of fused-ring (bicyclic) bond motifs is 1. The van der Waals surface area contributed by atoms with E-state index in [1.807, 2.05) is 12.1 Å². The first-order chi connectivity index (χ1) is 15.5.